The number of hydrazine groups is 1. The van der Waals surface area contributed by atoms with Crippen LogP contribution in [0.15, 0.2) is 73.1 Å². The van der Waals surface area contributed by atoms with Crippen molar-refractivity contribution in [2.45, 2.75) is 13.8 Å². The van der Waals surface area contributed by atoms with E-state index in [1.165, 1.54) is 0 Å². The lowest BCUT2D eigenvalue weighted by Crippen LogP contribution is -2.44. The number of nitrogens with zero attached hydrogens (tertiary/aromatic N) is 2. The van der Waals surface area contributed by atoms with Crippen molar-refractivity contribution >= 4 is 22.7 Å². The molecule has 0 radical (unpaired) electrons. The maximum Gasteiger partial charge on any atom is 0.276 e. The molecule has 0 aliphatic heterocycles. The first-order valence-electron chi connectivity index (χ1n) is 10.1. The number of fused-ring (bicyclic) bond motifs is 1. The lowest BCUT2D eigenvalue weighted by Gasteiger charge is -2.13. The molecule has 160 valence electrons. The molecule has 2 aromatic heterocycles. The molecule has 0 aliphatic carbocycles. The molecule has 0 bridgehead atoms. The van der Waals surface area contributed by atoms with Crippen molar-refractivity contribution in [3.05, 3.63) is 89.7 Å². The van der Waals surface area contributed by atoms with Crippen LogP contribution in [0.3, 0.4) is 0 Å². The van der Waals surface area contributed by atoms with Crippen LogP contribution in [0.25, 0.3) is 22.2 Å². The predicted molar refractivity (Wildman–Crippen MR) is 122 cm³/mol. The topological polar surface area (TPSA) is 93.2 Å². The van der Waals surface area contributed by atoms with Gasteiger partial charge in [0, 0.05) is 23.3 Å². The number of hydrogen-bond acceptors (Lipinski definition) is 5. The third-order valence-corrected chi connectivity index (χ3v) is 4.99. The van der Waals surface area contributed by atoms with Crippen LogP contribution in [0.1, 0.15) is 21.5 Å². The van der Waals surface area contributed by atoms with Gasteiger partial charge in [0.1, 0.15) is 5.75 Å². The van der Waals surface area contributed by atoms with E-state index in [2.05, 4.69) is 20.8 Å². The van der Waals surface area contributed by atoms with Crippen LogP contribution in [-0.2, 0) is 4.79 Å². The quantitative estimate of drug-likeness (QED) is 0.474. The van der Waals surface area contributed by atoms with Crippen molar-refractivity contribution in [1.82, 2.24) is 20.8 Å². The summed E-state index contributed by atoms with van der Waals surface area (Å²) < 4.78 is 5.63. The summed E-state index contributed by atoms with van der Waals surface area (Å²) >= 11 is 0. The molecule has 0 spiro atoms. The number of para-hydroxylation sites is 2. The number of rotatable bonds is 5. The Morgan fingerprint density at radius 2 is 1.72 bits per heavy atom. The number of hydrogen-bond donors (Lipinski definition) is 2. The minimum atomic E-state index is -0.466. The molecule has 32 heavy (non-hydrogen) atoms. The maximum atomic E-state index is 12.9. The molecule has 0 atom stereocenters. The van der Waals surface area contributed by atoms with E-state index in [1.54, 1.807) is 18.5 Å². The second kappa shape index (κ2) is 9.26. The molecule has 2 aromatic carbocycles. The summed E-state index contributed by atoms with van der Waals surface area (Å²) in [5.41, 5.74) is 9.24. The van der Waals surface area contributed by atoms with Crippen LogP contribution in [0.5, 0.6) is 5.75 Å². The van der Waals surface area contributed by atoms with Gasteiger partial charge in [0.25, 0.3) is 11.8 Å². The van der Waals surface area contributed by atoms with E-state index in [-0.39, 0.29) is 6.61 Å². The molecule has 0 aliphatic rings. The SMILES string of the molecule is Cc1cccc(C)c1OCC(=O)NNC(=O)c1cc(-c2cccnc2)nc2ccccc12. The van der Waals surface area contributed by atoms with Gasteiger partial charge in [-0.2, -0.15) is 0 Å². The number of ether oxygens (including phenoxy) is 1. The molecule has 2 N–H and O–H groups in total. The third kappa shape index (κ3) is 4.57. The van der Waals surface area contributed by atoms with Gasteiger partial charge in [0.2, 0.25) is 0 Å². The summed E-state index contributed by atoms with van der Waals surface area (Å²) in [4.78, 5) is 33.9. The van der Waals surface area contributed by atoms with Gasteiger partial charge in [-0.3, -0.25) is 25.4 Å². The maximum absolute atomic E-state index is 12.9. The Labute approximate surface area is 185 Å². The smallest absolute Gasteiger partial charge is 0.276 e. The fourth-order valence-corrected chi connectivity index (χ4v) is 3.42. The van der Waals surface area contributed by atoms with Gasteiger partial charge in [-0.05, 0) is 49.2 Å². The highest BCUT2D eigenvalue weighted by molar-refractivity contribution is 6.07. The van der Waals surface area contributed by atoms with Gasteiger partial charge in [-0.15, -0.1) is 0 Å². The average molecular weight is 426 g/mol. The first kappa shape index (κ1) is 21.0. The molecule has 0 unspecified atom stereocenters. The van der Waals surface area contributed by atoms with E-state index in [1.807, 2.05) is 68.4 Å². The highest BCUT2D eigenvalue weighted by Crippen LogP contribution is 2.24. The van der Waals surface area contributed by atoms with Crippen LogP contribution >= 0.6 is 0 Å². The molecule has 7 heteroatoms. The first-order chi connectivity index (χ1) is 15.5. The fraction of sp³-hybridized carbons (Fsp3) is 0.120. The Balaban J connectivity index is 1.49. The number of aryl methyl sites for hydroxylation is 2. The van der Waals surface area contributed by atoms with E-state index in [0.29, 0.717) is 27.9 Å². The van der Waals surface area contributed by atoms with Crippen molar-refractivity contribution in [2.75, 3.05) is 6.61 Å². The summed E-state index contributed by atoms with van der Waals surface area (Å²) in [6, 6.07) is 18.5. The van der Waals surface area contributed by atoms with Crippen LogP contribution in [0.2, 0.25) is 0 Å². The standard InChI is InChI=1S/C25H22N4O3/c1-16-7-5-8-17(2)24(16)32-15-23(30)28-29-25(31)20-13-22(18-9-6-12-26-14-18)27-21-11-4-3-10-19(20)21/h3-14H,15H2,1-2H3,(H,28,30)(H,29,31). The van der Waals surface area contributed by atoms with Gasteiger partial charge in [-0.25, -0.2) is 4.98 Å². The van der Waals surface area contributed by atoms with Crippen LogP contribution in [0.4, 0.5) is 0 Å². The van der Waals surface area contributed by atoms with Gasteiger partial charge in [0.05, 0.1) is 16.8 Å². The van der Waals surface area contributed by atoms with E-state index < -0.39 is 11.8 Å². The number of pyridine rings is 2. The van der Waals surface area contributed by atoms with Crippen molar-refractivity contribution in [3.8, 4) is 17.0 Å². The van der Waals surface area contributed by atoms with Crippen LogP contribution in [-0.4, -0.2) is 28.4 Å². The Morgan fingerprint density at radius 3 is 2.47 bits per heavy atom. The van der Waals surface area contributed by atoms with Crippen molar-refractivity contribution in [1.29, 1.82) is 0 Å². The Morgan fingerprint density at radius 1 is 0.938 bits per heavy atom. The van der Waals surface area contributed by atoms with E-state index in [0.717, 1.165) is 16.7 Å². The normalized spacial score (nSPS) is 10.6. The zero-order chi connectivity index (χ0) is 22.5. The van der Waals surface area contributed by atoms with Gasteiger partial charge in [0.15, 0.2) is 6.61 Å². The predicted octanol–water partition coefficient (Wildman–Crippen LogP) is 3.75. The van der Waals surface area contributed by atoms with E-state index >= 15 is 0 Å². The summed E-state index contributed by atoms with van der Waals surface area (Å²) in [5.74, 6) is -0.253. The number of nitrogens with one attached hydrogen (secondary N) is 2. The summed E-state index contributed by atoms with van der Waals surface area (Å²) in [6.07, 6.45) is 3.36. The van der Waals surface area contributed by atoms with Crippen molar-refractivity contribution < 1.29 is 14.3 Å². The molecule has 2 amide bonds. The van der Waals surface area contributed by atoms with E-state index in [4.69, 9.17) is 4.74 Å². The molecule has 0 saturated carbocycles. The van der Waals surface area contributed by atoms with Crippen molar-refractivity contribution in [2.24, 2.45) is 0 Å². The number of aromatic nitrogens is 2. The van der Waals surface area contributed by atoms with E-state index in [9.17, 15) is 9.59 Å². The second-order valence-corrected chi connectivity index (χ2v) is 7.33. The Bertz CT molecular complexity index is 1270. The fourth-order valence-electron chi connectivity index (χ4n) is 3.42. The molecule has 4 rings (SSSR count). The molecular formula is C25H22N4O3. The van der Waals surface area contributed by atoms with Gasteiger partial charge >= 0.3 is 0 Å². The highest BCUT2D eigenvalue weighted by Gasteiger charge is 2.15. The first-order valence-corrected chi connectivity index (χ1v) is 10.1. The molecule has 0 saturated heterocycles. The lowest BCUT2D eigenvalue weighted by molar-refractivity contribution is -0.123. The number of carbonyl (C=O) groups is 2. The third-order valence-electron chi connectivity index (χ3n) is 4.99. The van der Waals surface area contributed by atoms with Crippen LogP contribution < -0.4 is 15.6 Å². The number of carbonyl (C=O) groups excluding carboxylic acids is 2. The van der Waals surface area contributed by atoms with Gasteiger partial charge < -0.3 is 4.74 Å². The van der Waals surface area contributed by atoms with Crippen LogP contribution in [0, 0.1) is 13.8 Å². The highest BCUT2D eigenvalue weighted by atomic mass is 16.5. The molecule has 0 fully saturated rings. The summed E-state index contributed by atoms with van der Waals surface area (Å²) in [7, 11) is 0. The molecule has 4 aromatic rings. The zero-order valence-corrected chi connectivity index (χ0v) is 17.8. The monoisotopic (exact) mass is 426 g/mol. The minimum absolute atomic E-state index is 0.218. The van der Waals surface area contributed by atoms with Gasteiger partial charge in [-0.1, -0.05) is 36.4 Å². The summed E-state index contributed by atoms with van der Waals surface area (Å²) in [5, 5.41) is 0.679. The minimum Gasteiger partial charge on any atom is -0.483 e. The zero-order valence-electron chi connectivity index (χ0n) is 17.8. The Kier molecular flexibility index (Phi) is 6.07. The second-order valence-electron chi connectivity index (χ2n) is 7.33. The molecule has 2 heterocycles. The molecular weight excluding hydrogens is 404 g/mol. The molecule has 7 nitrogen and oxygen atoms in total. The van der Waals surface area contributed by atoms with Crippen molar-refractivity contribution in [3.63, 3.8) is 0 Å². The summed E-state index contributed by atoms with van der Waals surface area (Å²) in [6.45, 7) is 3.61. The number of amides is 2. The largest absolute Gasteiger partial charge is 0.483 e. The average Bonchev–Trinajstić information content (AvgIpc) is 2.82. The number of benzene rings is 2. The lowest BCUT2D eigenvalue weighted by atomic mass is 10.0. The Hall–Kier alpha value is -4.26.